The first-order chi connectivity index (χ1) is 16.8. The Morgan fingerprint density at radius 2 is 1.74 bits per heavy atom. The molecule has 0 aromatic heterocycles. The zero-order chi connectivity index (χ0) is 24.8. The Kier molecular flexibility index (Phi) is 7.76. The second-order valence-corrected chi connectivity index (χ2v) is 8.94. The molecule has 3 aromatic carbocycles. The summed E-state index contributed by atoms with van der Waals surface area (Å²) in [6, 6.07) is 18.5. The van der Waals surface area contributed by atoms with Crippen molar-refractivity contribution < 1.29 is 27.8 Å². The summed E-state index contributed by atoms with van der Waals surface area (Å²) in [4.78, 5) is 13.7. The number of benzene rings is 3. The maximum absolute atomic E-state index is 13.2. The van der Waals surface area contributed by atoms with Crippen LogP contribution in [0.1, 0.15) is 57.4 Å². The number of fused-ring (bicyclic) bond motifs is 3. The second kappa shape index (κ2) is 11.0. The van der Waals surface area contributed by atoms with Crippen LogP contribution in [-0.4, -0.2) is 29.1 Å². The van der Waals surface area contributed by atoms with E-state index in [1.54, 1.807) is 24.3 Å². The maximum atomic E-state index is 13.2. The SMILES string of the molecule is O=C(O)c1ccc2c(c1)Cc1cccc(c1)CN(Cc1cccc(C(F)(F)F)c1)CCCCCO2. The summed E-state index contributed by atoms with van der Waals surface area (Å²) in [6.45, 7) is 2.32. The van der Waals surface area contributed by atoms with E-state index in [-0.39, 0.29) is 5.56 Å². The van der Waals surface area contributed by atoms with Crippen molar-refractivity contribution in [1.29, 1.82) is 0 Å². The number of ether oxygens (including phenoxy) is 1. The lowest BCUT2D eigenvalue weighted by atomic mass is 9.99. The molecule has 0 saturated heterocycles. The molecule has 0 saturated carbocycles. The lowest BCUT2D eigenvalue weighted by Crippen LogP contribution is -2.24. The van der Waals surface area contributed by atoms with Gasteiger partial charge in [0, 0.05) is 19.5 Å². The third-order valence-corrected chi connectivity index (χ3v) is 6.14. The van der Waals surface area contributed by atoms with Gasteiger partial charge in [-0.2, -0.15) is 13.2 Å². The minimum atomic E-state index is -4.36. The number of hydrogen-bond acceptors (Lipinski definition) is 3. The standard InChI is InChI=1S/C28H28F3NO3/c29-28(30,31)25-9-5-8-22(16-25)19-32-12-2-1-3-13-35-26-11-10-23(27(33)34)17-24(26)15-20-6-4-7-21(14-20)18-32/h4-11,14,16-17H,1-3,12-13,15,18-19H2,(H,33,34). The van der Waals surface area contributed by atoms with Gasteiger partial charge < -0.3 is 9.84 Å². The van der Waals surface area contributed by atoms with Crippen molar-refractivity contribution in [3.05, 3.63) is 100 Å². The van der Waals surface area contributed by atoms with E-state index in [1.807, 2.05) is 18.2 Å². The first-order valence-electron chi connectivity index (χ1n) is 11.7. The lowest BCUT2D eigenvalue weighted by molar-refractivity contribution is -0.137. The molecule has 1 aliphatic rings. The van der Waals surface area contributed by atoms with Crippen molar-refractivity contribution in [2.75, 3.05) is 13.2 Å². The number of rotatable bonds is 3. The molecule has 1 aliphatic heterocycles. The molecule has 0 aliphatic carbocycles. The molecular formula is C28H28F3NO3. The lowest BCUT2D eigenvalue weighted by Gasteiger charge is -2.24. The Labute approximate surface area is 203 Å². The molecule has 0 amide bonds. The number of nitrogens with zero attached hydrogens (tertiary/aromatic N) is 1. The molecule has 0 radical (unpaired) electrons. The summed E-state index contributed by atoms with van der Waals surface area (Å²) in [6.07, 6.45) is -1.19. The highest BCUT2D eigenvalue weighted by molar-refractivity contribution is 5.88. The molecule has 0 fully saturated rings. The number of carbonyl (C=O) groups is 1. The molecule has 2 bridgehead atoms. The molecule has 184 valence electrons. The molecule has 4 rings (SSSR count). The summed E-state index contributed by atoms with van der Waals surface area (Å²) in [5.74, 6) is -0.283. The number of halogens is 3. The zero-order valence-corrected chi connectivity index (χ0v) is 19.4. The number of aromatic carboxylic acids is 1. The molecule has 7 heteroatoms. The smallest absolute Gasteiger partial charge is 0.416 e. The van der Waals surface area contributed by atoms with Crippen molar-refractivity contribution in [2.24, 2.45) is 0 Å². The third kappa shape index (κ3) is 6.85. The van der Waals surface area contributed by atoms with E-state index in [0.29, 0.717) is 37.4 Å². The molecule has 0 unspecified atom stereocenters. The minimum absolute atomic E-state index is 0.219. The summed E-state index contributed by atoms with van der Waals surface area (Å²) in [7, 11) is 0. The van der Waals surface area contributed by atoms with Gasteiger partial charge in [0.05, 0.1) is 17.7 Å². The topological polar surface area (TPSA) is 49.8 Å². The van der Waals surface area contributed by atoms with Gasteiger partial charge in [-0.25, -0.2) is 4.79 Å². The van der Waals surface area contributed by atoms with Crippen LogP contribution in [0.2, 0.25) is 0 Å². The number of hydrogen-bond donors (Lipinski definition) is 1. The number of carboxylic acid groups (broad SMARTS) is 1. The molecule has 1 N–H and O–H groups in total. The summed E-state index contributed by atoms with van der Waals surface area (Å²) in [5, 5.41) is 9.41. The first-order valence-corrected chi connectivity index (χ1v) is 11.7. The Hall–Kier alpha value is -3.32. The van der Waals surface area contributed by atoms with Crippen LogP contribution in [0.4, 0.5) is 13.2 Å². The predicted octanol–water partition coefficient (Wildman–Crippen LogP) is 6.56. The Morgan fingerprint density at radius 3 is 2.54 bits per heavy atom. The van der Waals surface area contributed by atoms with Gasteiger partial charge >= 0.3 is 12.1 Å². The minimum Gasteiger partial charge on any atom is -0.493 e. The van der Waals surface area contributed by atoms with Gasteiger partial charge in [0.25, 0.3) is 0 Å². The van der Waals surface area contributed by atoms with E-state index in [9.17, 15) is 23.1 Å². The highest BCUT2D eigenvalue weighted by Crippen LogP contribution is 2.30. The van der Waals surface area contributed by atoms with Gasteiger partial charge in [0.2, 0.25) is 0 Å². The maximum Gasteiger partial charge on any atom is 0.416 e. The zero-order valence-electron chi connectivity index (χ0n) is 19.4. The molecular weight excluding hydrogens is 455 g/mol. The van der Waals surface area contributed by atoms with Crippen LogP contribution in [0.25, 0.3) is 0 Å². The molecule has 35 heavy (non-hydrogen) atoms. The first kappa shape index (κ1) is 24.8. The third-order valence-electron chi connectivity index (χ3n) is 6.14. The predicted molar refractivity (Wildman–Crippen MR) is 128 cm³/mol. The van der Waals surface area contributed by atoms with E-state index in [1.165, 1.54) is 12.1 Å². The van der Waals surface area contributed by atoms with Gasteiger partial charge in [-0.1, -0.05) is 42.5 Å². The number of alkyl halides is 3. The van der Waals surface area contributed by atoms with E-state index in [4.69, 9.17) is 4.74 Å². The van der Waals surface area contributed by atoms with Crippen molar-refractivity contribution in [2.45, 2.75) is 44.9 Å². The van der Waals surface area contributed by atoms with Gasteiger partial charge in [0.1, 0.15) is 5.75 Å². The van der Waals surface area contributed by atoms with Gasteiger partial charge in [-0.15, -0.1) is 0 Å². The van der Waals surface area contributed by atoms with Gasteiger partial charge in [-0.3, -0.25) is 4.90 Å². The second-order valence-electron chi connectivity index (χ2n) is 8.94. The fraction of sp³-hybridized carbons (Fsp3) is 0.321. The van der Waals surface area contributed by atoms with Gasteiger partial charge in [-0.05, 0) is 72.3 Å². The van der Waals surface area contributed by atoms with Crippen LogP contribution in [0, 0.1) is 0 Å². The molecule has 0 spiro atoms. The molecule has 3 aromatic rings. The van der Waals surface area contributed by atoms with Crippen LogP contribution in [0.3, 0.4) is 0 Å². The van der Waals surface area contributed by atoms with Crippen LogP contribution in [0.5, 0.6) is 5.75 Å². The van der Waals surface area contributed by atoms with Gasteiger partial charge in [0.15, 0.2) is 0 Å². The monoisotopic (exact) mass is 483 g/mol. The summed E-state index contributed by atoms with van der Waals surface area (Å²) in [5.41, 5.74) is 3.12. The average Bonchev–Trinajstić information content (AvgIpc) is 2.81. The van der Waals surface area contributed by atoms with Crippen molar-refractivity contribution in [3.8, 4) is 5.75 Å². The Morgan fingerprint density at radius 1 is 0.943 bits per heavy atom. The largest absolute Gasteiger partial charge is 0.493 e. The quantitative estimate of drug-likeness (QED) is 0.458. The molecule has 4 nitrogen and oxygen atoms in total. The van der Waals surface area contributed by atoms with Crippen molar-refractivity contribution in [3.63, 3.8) is 0 Å². The molecule has 1 heterocycles. The van der Waals surface area contributed by atoms with E-state index in [2.05, 4.69) is 11.0 Å². The molecule has 0 atom stereocenters. The van der Waals surface area contributed by atoms with Crippen LogP contribution in [0.15, 0.2) is 66.7 Å². The summed E-state index contributed by atoms with van der Waals surface area (Å²) >= 11 is 0. The van der Waals surface area contributed by atoms with Crippen LogP contribution < -0.4 is 4.74 Å². The highest BCUT2D eigenvalue weighted by Gasteiger charge is 2.30. The van der Waals surface area contributed by atoms with Crippen molar-refractivity contribution >= 4 is 5.97 Å². The van der Waals surface area contributed by atoms with Crippen LogP contribution in [-0.2, 0) is 25.7 Å². The Bertz CT molecular complexity index is 1180. The summed E-state index contributed by atoms with van der Waals surface area (Å²) < 4.78 is 45.5. The fourth-order valence-electron chi connectivity index (χ4n) is 4.42. The fourth-order valence-corrected chi connectivity index (χ4v) is 4.42. The average molecular weight is 484 g/mol. The van der Waals surface area contributed by atoms with E-state index < -0.39 is 17.7 Å². The van der Waals surface area contributed by atoms with E-state index >= 15 is 0 Å². The van der Waals surface area contributed by atoms with Crippen molar-refractivity contribution in [1.82, 2.24) is 4.90 Å². The normalized spacial score (nSPS) is 15.5. The highest BCUT2D eigenvalue weighted by atomic mass is 19.4. The van der Waals surface area contributed by atoms with E-state index in [0.717, 1.165) is 48.6 Å². The Balaban J connectivity index is 1.59. The number of carboxylic acids is 1. The van der Waals surface area contributed by atoms with Crippen LogP contribution >= 0.6 is 0 Å².